The molecular weight excluding hydrogens is 272 g/mol. The predicted molar refractivity (Wildman–Crippen MR) is 77.1 cm³/mol. The van der Waals surface area contributed by atoms with E-state index in [0.717, 1.165) is 37.7 Å². The van der Waals surface area contributed by atoms with E-state index in [-0.39, 0.29) is 12.0 Å². The van der Waals surface area contributed by atoms with Gasteiger partial charge in [0.05, 0.1) is 20.3 Å². The van der Waals surface area contributed by atoms with Crippen molar-refractivity contribution in [2.75, 3.05) is 44.0 Å². The van der Waals surface area contributed by atoms with Crippen molar-refractivity contribution in [3.8, 4) is 17.4 Å². The monoisotopic (exact) mass is 288 g/mol. The predicted octanol–water partition coefficient (Wildman–Crippen LogP) is 0.361. The number of aromatic nitrogens is 4. The van der Waals surface area contributed by atoms with Crippen LogP contribution in [0.2, 0.25) is 0 Å². The molecule has 0 spiro atoms. The lowest BCUT2D eigenvalue weighted by Gasteiger charge is -2.27. The van der Waals surface area contributed by atoms with Crippen LogP contribution in [0.3, 0.4) is 0 Å². The van der Waals surface area contributed by atoms with Crippen LogP contribution in [0.15, 0.2) is 18.3 Å². The summed E-state index contributed by atoms with van der Waals surface area (Å²) >= 11 is 0. The lowest BCUT2D eigenvalue weighted by atomic mass is 10.2. The van der Waals surface area contributed by atoms with Crippen LogP contribution in [-0.2, 0) is 4.74 Å². The van der Waals surface area contributed by atoms with Gasteiger partial charge in [-0.05, 0) is 12.1 Å². The van der Waals surface area contributed by atoms with Gasteiger partial charge in [-0.25, -0.2) is 4.98 Å². The second-order valence-electron chi connectivity index (χ2n) is 4.51. The van der Waals surface area contributed by atoms with Crippen LogP contribution in [0.5, 0.6) is 6.01 Å². The first kappa shape index (κ1) is 13.5. The highest BCUT2D eigenvalue weighted by Gasteiger charge is 2.13. The number of nitrogen functional groups attached to an aromatic ring is 1. The molecule has 0 bridgehead atoms. The number of nitrogens with zero attached hydrogens (tertiary/aromatic N) is 5. The standard InChI is InChI=1S/C13H16N6O2/c1-20-13-17-11(16-12(14)18-13)9-2-3-10(15-8-9)19-4-6-21-7-5-19/h2-3,8H,4-7H2,1H3,(H2,14,16,17,18). The average Bonchev–Trinajstić information content (AvgIpc) is 2.55. The molecule has 1 aliphatic heterocycles. The Hall–Kier alpha value is -2.48. The zero-order valence-corrected chi connectivity index (χ0v) is 11.7. The lowest BCUT2D eigenvalue weighted by Crippen LogP contribution is -2.36. The molecule has 1 fully saturated rings. The molecule has 0 saturated carbocycles. The van der Waals surface area contributed by atoms with Crippen LogP contribution in [-0.4, -0.2) is 53.3 Å². The molecule has 21 heavy (non-hydrogen) atoms. The second kappa shape index (κ2) is 5.88. The van der Waals surface area contributed by atoms with Crippen molar-refractivity contribution >= 4 is 11.8 Å². The van der Waals surface area contributed by atoms with E-state index in [1.165, 1.54) is 7.11 Å². The highest BCUT2D eigenvalue weighted by Crippen LogP contribution is 2.20. The molecular formula is C13H16N6O2. The molecule has 0 atom stereocenters. The van der Waals surface area contributed by atoms with Gasteiger partial charge >= 0.3 is 6.01 Å². The van der Waals surface area contributed by atoms with Crippen LogP contribution in [0.1, 0.15) is 0 Å². The van der Waals surface area contributed by atoms with Crippen LogP contribution >= 0.6 is 0 Å². The van der Waals surface area contributed by atoms with E-state index in [4.69, 9.17) is 15.2 Å². The van der Waals surface area contributed by atoms with Crippen molar-refractivity contribution in [3.63, 3.8) is 0 Å². The number of anilines is 2. The summed E-state index contributed by atoms with van der Waals surface area (Å²) in [6.07, 6.45) is 1.72. The number of rotatable bonds is 3. The highest BCUT2D eigenvalue weighted by atomic mass is 16.5. The Morgan fingerprint density at radius 1 is 1.19 bits per heavy atom. The van der Waals surface area contributed by atoms with Crippen LogP contribution in [0, 0.1) is 0 Å². The Morgan fingerprint density at radius 3 is 2.67 bits per heavy atom. The molecule has 2 N–H and O–H groups in total. The maximum Gasteiger partial charge on any atom is 0.321 e. The van der Waals surface area contributed by atoms with E-state index in [2.05, 4.69) is 24.8 Å². The number of methoxy groups -OCH3 is 1. The van der Waals surface area contributed by atoms with Crippen molar-refractivity contribution in [1.29, 1.82) is 0 Å². The van der Waals surface area contributed by atoms with Crippen molar-refractivity contribution < 1.29 is 9.47 Å². The van der Waals surface area contributed by atoms with Crippen LogP contribution in [0.25, 0.3) is 11.4 Å². The first-order valence-electron chi connectivity index (χ1n) is 6.61. The van der Waals surface area contributed by atoms with Gasteiger partial charge in [0.25, 0.3) is 0 Å². The zero-order valence-electron chi connectivity index (χ0n) is 11.7. The smallest absolute Gasteiger partial charge is 0.321 e. The summed E-state index contributed by atoms with van der Waals surface area (Å²) in [5.41, 5.74) is 6.40. The first-order chi connectivity index (χ1) is 10.3. The topological polar surface area (TPSA) is 99.3 Å². The van der Waals surface area contributed by atoms with E-state index >= 15 is 0 Å². The SMILES string of the molecule is COc1nc(N)nc(-c2ccc(N3CCOCC3)nc2)n1. The Balaban J connectivity index is 1.85. The third-order valence-corrected chi connectivity index (χ3v) is 3.16. The molecule has 3 heterocycles. The number of hydrogen-bond acceptors (Lipinski definition) is 8. The van der Waals surface area contributed by atoms with Gasteiger partial charge in [-0.15, -0.1) is 0 Å². The van der Waals surface area contributed by atoms with Gasteiger partial charge in [-0.2, -0.15) is 15.0 Å². The van der Waals surface area contributed by atoms with Crippen molar-refractivity contribution in [1.82, 2.24) is 19.9 Å². The fourth-order valence-electron chi connectivity index (χ4n) is 2.09. The van der Waals surface area contributed by atoms with E-state index < -0.39 is 0 Å². The molecule has 8 heteroatoms. The summed E-state index contributed by atoms with van der Waals surface area (Å²) in [5.74, 6) is 1.48. The Kier molecular flexibility index (Phi) is 3.78. The molecule has 2 aromatic rings. The summed E-state index contributed by atoms with van der Waals surface area (Å²) < 4.78 is 10.3. The van der Waals surface area contributed by atoms with Crippen molar-refractivity contribution in [3.05, 3.63) is 18.3 Å². The third kappa shape index (κ3) is 3.00. The minimum atomic E-state index is 0.120. The first-order valence-corrected chi connectivity index (χ1v) is 6.61. The van der Waals surface area contributed by atoms with Gasteiger partial charge in [0.2, 0.25) is 5.95 Å². The van der Waals surface area contributed by atoms with Crippen molar-refractivity contribution in [2.24, 2.45) is 0 Å². The minimum Gasteiger partial charge on any atom is -0.467 e. The van der Waals surface area contributed by atoms with Crippen molar-refractivity contribution in [2.45, 2.75) is 0 Å². The number of hydrogen-bond donors (Lipinski definition) is 1. The fourth-order valence-corrected chi connectivity index (χ4v) is 2.09. The molecule has 1 saturated heterocycles. The lowest BCUT2D eigenvalue weighted by molar-refractivity contribution is 0.122. The largest absolute Gasteiger partial charge is 0.467 e. The molecule has 2 aromatic heterocycles. The van der Waals surface area contributed by atoms with Gasteiger partial charge in [0.15, 0.2) is 5.82 Å². The van der Waals surface area contributed by atoms with Crippen LogP contribution < -0.4 is 15.4 Å². The maximum absolute atomic E-state index is 5.63. The summed E-state index contributed by atoms with van der Waals surface area (Å²) in [6.45, 7) is 3.15. The molecule has 0 unspecified atom stereocenters. The normalized spacial score (nSPS) is 15.0. The Morgan fingerprint density at radius 2 is 2.00 bits per heavy atom. The van der Waals surface area contributed by atoms with E-state index in [0.29, 0.717) is 5.82 Å². The molecule has 0 aromatic carbocycles. The summed E-state index contributed by atoms with van der Waals surface area (Å²) in [5, 5.41) is 0. The second-order valence-corrected chi connectivity index (χ2v) is 4.51. The summed E-state index contributed by atoms with van der Waals surface area (Å²) in [6, 6.07) is 4.04. The van der Waals surface area contributed by atoms with E-state index in [1.54, 1.807) is 6.20 Å². The van der Waals surface area contributed by atoms with Crippen LogP contribution in [0.4, 0.5) is 11.8 Å². The van der Waals surface area contributed by atoms with E-state index in [9.17, 15) is 0 Å². The average molecular weight is 288 g/mol. The van der Waals surface area contributed by atoms with Gasteiger partial charge in [-0.3, -0.25) is 0 Å². The quantitative estimate of drug-likeness (QED) is 0.864. The third-order valence-electron chi connectivity index (χ3n) is 3.16. The summed E-state index contributed by atoms with van der Waals surface area (Å²) in [7, 11) is 1.48. The van der Waals surface area contributed by atoms with Gasteiger partial charge in [0, 0.05) is 24.8 Å². The van der Waals surface area contributed by atoms with E-state index in [1.807, 2.05) is 12.1 Å². The number of morpholine rings is 1. The Labute approximate surface area is 122 Å². The van der Waals surface area contributed by atoms with Gasteiger partial charge < -0.3 is 20.1 Å². The minimum absolute atomic E-state index is 0.120. The Bertz CT molecular complexity index is 613. The molecule has 3 rings (SSSR count). The molecule has 0 aliphatic carbocycles. The summed E-state index contributed by atoms with van der Waals surface area (Å²) in [4.78, 5) is 18.8. The van der Waals surface area contributed by atoms with Gasteiger partial charge in [0.1, 0.15) is 5.82 Å². The fraction of sp³-hybridized carbons (Fsp3) is 0.385. The molecule has 0 amide bonds. The van der Waals surface area contributed by atoms with Gasteiger partial charge in [-0.1, -0.05) is 0 Å². The maximum atomic E-state index is 5.63. The zero-order chi connectivity index (χ0) is 14.7. The molecule has 8 nitrogen and oxygen atoms in total. The highest BCUT2D eigenvalue weighted by molar-refractivity contribution is 5.57. The number of pyridine rings is 1. The molecule has 110 valence electrons. The number of nitrogens with two attached hydrogens (primary N) is 1. The molecule has 1 aliphatic rings. The molecule has 0 radical (unpaired) electrons. The number of ether oxygens (including phenoxy) is 2.